The van der Waals surface area contributed by atoms with E-state index in [1.807, 2.05) is 60.7 Å². The number of aromatic nitrogens is 1. The van der Waals surface area contributed by atoms with E-state index in [1.54, 1.807) is 36.5 Å². The van der Waals surface area contributed by atoms with Gasteiger partial charge < -0.3 is 0 Å². The summed E-state index contributed by atoms with van der Waals surface area (Å²) in [6.45, 7) is 0. The molecule has 2 heterocycles. The molecule has 30 heavy (non-hydrogen) atoms. The SMILES string of the molecule is O=C1C(=Cc2ccc(N(c3ccccc3)c3ccccn3)[se]2)C(=O)c2ccccc21. The predicted octanol–water partition coefficient (Wildman–Crippen LogP) is 5.07. The predicted molar refractivity (Wildman–Crippen MR) is 119 cm³/mol. The number of hydrogen-bond donors (Lipinski definition) is 0. The zero-order valence-corrected chi connectivity index (χ0v) is 17.6. The van der Waals surface area contributed by atoms with E-state index in [0.717, 1.165) is 20.5 Å². The average Bonchev–Trinajstić information content (AvgIpc) is 3.35. The molecule has 0 radical (unpaired) electrons. The Labute approximate surface area is 179 Å². The van der Waals surface area contributed by atoms with Crippen LogP contribution in [0.5, 0.6) is 0 Å². The fraction of sp³-hybridized carbons (Fsp3) is 0. The first kappa shape index (κ1) is 18.5. The maximum absolute atomic E-state index is 12.7. The normalized spacial score (nSPS) is 12.7. The van der Waals surface area contributed by atoms with Gasteiger partial charge in [-0.25, -0.2) is 0 Å². The molecular formula is C25H16N2O2Se. The van der Waals surface area contributed by atoms with Crippen LogP contribution in [0, 0.1) is 0 Å². The van der Waals surface area contributed by atoms with Crippen LogP contribution in [0.1, 0.15) is 25.2 Å². The monoisotopic (exact) mass is 456 g/mol. The molecule has 0 saturated carbocycles. The first-order chi connectivity index (χ1) is 14.7. The molecule has 0 atom stereocenters. The molecule has 0 fully saturated rings. The van der Waals surface area contributed by atoms with Crippen molar-refractivity contribution in [3.8, 4) is 0 Å². The molecule has 4 aromatic rings. The third-order valence-corrected chi connectivity index (χ3v) is 7.05. The van der Waals surface area contributed by atoms with Gasteiger partial charge in [0, 0.05) is 0 Å². The Hall–Kier alpha value is -3.53. The van der Waals surface area contributed by atoms with Crippen LogP contribution in [0.15, 0.2) is 96.7 Å². The molecule has 0 aliphatic heterocycles. The number of carbonyl (C=O) groups excluding carboxylic acids is 2. The van der Waals surface area contributed by atoms with Crippen LogP contribution in [0.3, 0.4) is 0 Å². The van der Waals surface area contributed by atoms with E-state index < -0.39 is 0 Å². The van der Waals surface area contributed by atoms with Crippen LogP contribution in [0.2, 0.25) is 0 Å². The average molecular weight is 455 g/mol. The van der Waals surface area contributed by atoms with Crippen LogP contribution >= 0.6 is 0 Å². The van der Waals surface area contributed by atoms with Gasteiger partial charge >= 0.3 is 180 Å². The summed E-state index contributed by atoms with van der Waals surface area (Å²) in [7, 11) is 0. The van der Waals surface area contributed by atoms with Crippen molar-refractivity contribution < 1.29 is 9.59 Å². The Morgan fingerprint density at radius 1 is 0.733 bits per heavy atom. The molecule has 0 N–H and O–H groups in total. The summed E-state index contributed by atoms with van der Waals surface area (Å²) >= 11 is -0.0737. The second kappa shape index (κ2) is 7.71. The topological polar surface area (TPSA) is 50.3 Å². The fourth-order valence-corrected chi connectivity index (χ4v) is 5.58. The Bertz CT molecular complexity index is 1200. The van der Waals surface area contributed by atoms with Crippen molar-refractivity contribution in [3.05, 3.63) is 112 Å². The number of carbonyl (C=O) groups is 2. The van der Waals surface area contributed by atoms with Crippen molar-refractivity contribution in [2.24, 2.45) is 0 Å². The van der Waals surface area contributed by atoms with Crippen LogP contribution in [-0.2, 0) is 0 Å². The van der Waals surface area contributed by atoms with Gasteiger partial charge in [0.05, 0.1) is 0 Å². The number of nitrogens with zero attached hydrogens (tertiary/aromatic N) is 2. The molecule has 0 unspecified atom stereocenters. The molecule has 0 saturated heterocycles. The number of fused-ring (bicyclic) bond motifs is 1. The summed E-state index contributed by atoms with van der Waals surface area (Å²) in [6.07, 6.45) is 3.53. The number of pyridine rings is 1. The van der Waals surface area contributed by atoms with E-state index >= 15 is 0 Å². The maximum atomic E-state index is 12.7. The molecular weight excluding hydrogens is 439 g/mol. The summed E-state index contributed by atoms with van der Waals surface area (Å²) in [5, 5.41) is 0. The van der Waals surface area contributed by atoms with E-state index in [0.29, 0.717) is 11.1 Å². The van der Waals surface area contributed by atoms with Crippen LogP contribution in [0.4, 0.5) is 16.1 Å². The van der Waals surface area contributed by atoms with Gasteiger partial charge in [-0.05, 0) is 0 Å². The minimum absolute atomic E-state index is 0.0737. The Morgan fingerprint density at radius 3 is 2.07 bits per heavy atom. The van der Waals surface area contributed by atoms with Gasteiger partial charge in [0.1, 0.15) is 0 Å². The summed E-state index contributed by atoms with van der Waals surface area (Å²) in [4.78, 5) is 32.1. The Morgan fingerprint density at radius 2 is 1.40 bits per heavy atom. The van der Waals surface area contributed by atoms with Crippen LogP contribution in [0.25, 0.3) is 6.08 Å². The quantitative estimate of drug-likeness (QED) is 0.245. The number of benzene rings is 2. The molecule has 5 rings (SSSR count). The number of hydrogen-bond acceptors (Lipinski definition) is 4. The molecule has 2 aromatic carbocycles. The van der Waals surface area contributed by atoms with Crippen LogP contribution < -0.4 is 4.90 Å². The van der Waals surface area contributed by atoms with Gasteiger partial charge in [-0.15, -0.1) is 0 Å². The van der Waals surface area contributed by atoms with E-state index in [2.05, 4.69) is 9.88 Å². The molecule has 144 valence electrons. The second-order valence-electron chi connectivity index (χ2n) is 6.80. The minimum atomic E-state index is -0.189. The van der Waals surface area contributed by atoms with Gasteiger partial charge in [-0.3, -0.25) is 0 Å². The molecule has 1 aliphatic rings. The molecule has 0 spiro atoms. The Balaban J connectivity index is 1.54. The van der Waals surface area contributed by atoms with Crippen molar-refractivity contribution in [1.29, 1.82) is 0 Å². The van der Waals surface area contributed by atoms with E-state index in [4.69, 9.17) is 0 Å². The second-order valence-corrected chi connectivity index (χ2v) is 9.09. The van der Waals surface area contributed by atoms with E-state index in [1.165, 1.54) is 0 Å². The summed E-state index contributed by atoms with van der Waals surface area (Å²) in [6, 6.07) is 26.9. The molecule has 0 bridgehead atoms. The number of rotatable bonds is 4. The van der Waals surface area contributed by atoms with E-state index in [9.17, 15) is 9.59 Å². The summed E-state index contributed by atoms with van der Waals surface area (Å²) in [5.41, 5.74) is 2.26. The number of para-hydroxylation sites is 1. The molecule has 1 aliphatic carbocycles. The Kier molecular flexibility index (Phi) is 4.75. The number of allylic oxidation sites excluding steroid dienone is 1. The third kappa shape index (κ3) is 3.24. The number of anilines is 3. The van der Waals surface area contributed by atoms with Crippen molar-refractivity contribution in [1.82, 2.24) is 4.98 Å². The fourth-order valence-electron chi connectivity index (χ4n) is 3.52. The number of Topliss-reactive ketones (excluding diaryl/α,β-unsaturated/α-hetero) is 2. The molecule has 0 amide bonds. The molecule has 4 nitrogen and oxygen atoms in total. The van der Waals surface area contributed by atoms with Crippen LogP contribution in [-0.4, -0.2) is 31.1 Å². The van der Waals surface area contributed by atoms with Gasteiger partial charge in [0.2, 0.25) is 0 Å². The van der Waals surface area contributed by atoms with Crippen molar-refractivity contribution in [2.75, 3.05) is 4.90 Å². The first-order valence-electron chi connectivity index (χ1n) is 9.48. The zero-order valence-electron chi connectivity index (χ0n) is 15.9. The van der Waals surface area contributed by atoms with Gasteiger partial charge in [0.25, 0.3) is 0 Å². The van der Waals surface area contributed by atoms with Gasteiger partial charge in [-0.2, -0.15) is 0 Å². The number of ketones is 2. The summed E-state index contributed by atoms with van der Waals surface area (Å²) in [5.74, 6) is 0.454. The van der Waals surface area contributed by atoms with Gasteiger partial charge in [0.15, 0.2) is 0 Å². The zero-order chi connectivity index (χ0) is 20.5. The first-order valence-corrected chi connectivity index (χ1v) is 11.2. The molecule has 2 aromatic heterocycles. The van der Waals surface area contributed by atoms with Crippen molar-refractivity contribution in [3.63, 3.8) is 0 Å². The van der Waals surface area contributed by atoms with E-state index in [-0.39, 0.29) is 31.6 Å². The standard InChI is InChI=1S/C25H16N2O2Se/c28-24-19-10-4-5-11-20(19)25(29)21(24)16-18-13-14-23(30-18)27(17-8-2-1-3-9-17)22-12-6-7-15-26-22/h1-16H. The molecule has 5 heteroatoms. The summed E-state index contributed by atoms with van der Waals surface area (Å²) < 4.78 is 2.08. The van der Waals surface area contributed by atoms with Gasteiger partial charge in [-0.1, -0.05) is 0 Å². The van der Waals surface area contributed by atoms with Crippen molar-refractivity contribution >= 4 is 48.2 Å². The van der Waals surface area contributed by atoms with Crippen molar-refractivity contribution in [2.45, 2.75) is 0 Å². The third-order valence-electron chi connectivity index (χ3n) is 4.92.